The summed E-state index contributed by atoms with van der Waals surface area (Å²) in [5.74, 6) is 2.00. The molecule has 6 heteroatoms. The van der Waals surface area contributed by atoms with Crippen molar-refractivity contribution in [2.24, 2.45) is 0 Å². The quantitative estimate of drug-likeness (QED) is 0.880. The number of rotatable bonds is 4. The number of piperidine rings is 1. The highest BCUT2D eigenvalue weighted by molar-refractivity contribution is 5.74. The summed E-state index contributed by atoms with van der Waals surface area (Å²) in [6, 6.07) is 9.98. The fourth-order valence-corrected chi connectivity index (χ4v) is 3.94. The van der Waals surface area contributed by atoms with E-state index in [0.29, 0.717) is 19.7 Å². The minimum absolute atomic E-state index is 0.00424. The Hall–Kier alpha value is -2.76. The van der Waals surface area contributed by atoms with E-state index in [-0.39, 0.29) is 24.1 Å². The Kier molecular flexibility index (Phi) is 5.37. The minimum Gasteiger partial charge on any atom is -0.493 e. The monoisotopic (exact) mass is 381 g/mol. The van der Waals surface area contributed by atoms with E-state index in [4.69, 9.17) is 9.47 Å². The highest BCUT2D eigenvalue weighted by Crippen LogP contribution is 2.35. The van der Waals surface area contributed by atoms with Crippen LogP contribution in [0.4, 0.5) is 4.79 Å². The molecule has 0 spiro atoms. The number of amides is 2. The summed E-state index contributed by atoms with van der Waals surface area (Å²) in [6.07, 6.45) is 5.36. The van der Waals surface area contributed by atoms with Gasteiger partial charge in [0.15, 0.2) is 0 Å². The Labute approximate surface area is 165 Å². The predicted octanol–water partition coefficient (Wildman–Crippen LogP) is 3.51. The lowest BCUT2D eigenvalue weighted by Gasteiger charge is -2.33. The van der Waals surface area contributed by atoms with Gasteiger partial charge in [-0.1, -0.05) is 18.2 Å². The average molecular weight is 381 g/mol. The normalized spacial score (nSPS) is 20.2. The third-order valence-corrected chi connectivity index (χ3v) is 5.68. The van der Waals surface area contributed by atoms with Gasteiger partial charge in [0, 0.05) is 61.4 Å². The number of hydrogen-bond donors (Lipinski definition) is 1. The molecule has 2 aliphatic heterocycles. The van der Waals surface area contributed by atoms with E-state index >= 15 is 0 Å². The molecule has 0 aliphatic carbocycles. The molecule has 3 heterocycles. The van der Waals surface area contributed by atoms with Crippen LogP contribution in [-0.4, -0.2) is 47.8 Å². The number of hydrogen-bond acceptors (Lipinski definition) is 4. The number of fused-ring (bicyclic) bond motifs is 1. The first-order valence-corrected chi connectivity index (χ1v) is 9.96. The standard InChI is InChI=1S/C22H27N3O3/c1-15-13-23-10-7-20(15)28-17-8-11-25(12-9-17)22(26)24-16(2)19-14-27-21-6-4-3-5-18(19)21/h3-7,10,13,16-17,19H,8-9,11-12,14H2,1-2H3,(H,24,26). The van der Waals surface area contributed by atoms with Crippen molar-refractivity contribution in [1.29, 1.82) is 0 Å². The topological polar surface area (TPSA) is 63.7 Å². The number of likely N-dealkylation sites (tertiary alicyclic amines) is 1. The first kappa shape index (κ1) is 18.6. The van der Waals surface area contributed by atoms with Crippen LogP contribution in [0.2, 0.25) is 0 Å². The molecule has 148 valence electrons. The lowest BCUT2D eigenvalue weighted by molar-refractivity contribution is 0.109. The van der Waals surface area contributed by atoms with Crippen molar-refractivity contribution in [2.45, 2.75) is 44.8 Å². The van der Waals surface area contributed by atoms with Crippen molar-refractivity contribution in [1.82, 2.24) is 15.2 Å². The average Bonchev–Trinajstić information content (AvgIpc) is 3.14. The number of benzene rings is 1. The second-order valence-electron chi connectivity index (χ2n) is 7.64. The van der Waals surface area contributed by atoms with Crippen LogP contribution >= 0.6 is 0 Å². The van der Waals surface area contributed by atoms with Crippen LogP contribution in [0.1, 0.15) is 36.8 Å². The molecule has 0 saturated carbocycles. The van der Waals surface area contributed by atoms with Crippen LogP contribution < -0.4 is 14.8 Å². The van der Waals surface area contributed by atoms with Crippen LogP contribution in [0.15, 0.2) is 42.7 Å². The number of nitrogens with one attached hydrogen (secondary N) is 1. The number of para-hydroxylation sites is 1. The number of nitrogens with zero attached hydrogens (tertiary/aromatic N) is 2. The van der Waals surface area contributed by atoms with Gasteiger partial charge in [-0.2, -0.15) is 0 Å². The maximum atomic E-state index is 12.7. The first-order valence-electron chi connectivity index (χ1n) is 9.96. The molecule has 1 aromatic carbocycles. The van der Waals surface area contributed by atoms with E-state index in [1.54, 1.807) is 6.20 Å². The molecule has 6 nitrogen and oxygen atoms in total. The zero-order chi connectivity index (χ0) is 19.5. The van der Waals surface area contributed by atoms with Gasteiger partial charge in [0.1, 0.15) is 17.6 Å². The van der Waals surface area contributed by atoms with Gasteiger partial charge in [0.05, 0.1) is 6.61 Å². The summed E-state index contributed by atoms with van der Waals surface area (Å²) in [7, 11) is 0. The number of carbonyl (C=O) groups is 1. The molecule has 0 bridgehead atoms. The van der Waals surface area contributed by atoms with Crippen LogP contribution in [0.5, 0.6) is 11.5 Å². The Balaban J connectivity index is 1.28. The number of carbonyl (C=O) groups excluding carboxylic acids is 1. The summed E-state index contributed by atoms with van der Waals surface area (Å²) in [5, 5.41) is 3.16. The van der Waals surface area contributed by atoms with E-state index in [0.717, 1.165) is 29.9 Å². The van der Waals surface area contributed by atoms with Gasteiger partial charge in [-0.25, -0.2) is 4.79 Å². The number of pyridine rings is 1. The Bertz CT molecular complexity index is 833. The summed E-state index contributed by atoms with van der Waals surface area (Å²) >= 11 is 0. The fourth-order valence-electron chi connectivity index (χ4n) is 3.94. The van der Waals surface area contributed by atoms with Crippen molar-refractivity contribution in [3.8, 4) is 11.5 Å². The minimum atomic E-state index is -0.00424. The lowest BCUT2D eigenvalue weighted by atomic mass is 9.94. The zero-order valence-electron chi connectivity index (χ0n) is 16.4. The maximum absolute atomic E-state index is 12.7. The summed E-state index contributed by atoms with van der Waals surface area (Å²) in [4.78, 5) is 18.7. The molecular formula is C22H27N3O3. The first-order chi connectivity index (χ1) is 13.6. The molecule has 2 atom stereocenters. The summed E-state index contributed by atoms with van der Waals surface area (Å²) in [6.45, 7) is 6.06. The molecular weight excluding hydrogens is 354 g/mol. The largest absolute Gasteiger partial charge is 0.493 e. The van der Waals surface area contributed by atoms with Gasteiger partial charge >= 0.3 is 6.03 Å². The number of urea groups is 1. The Morgan fingerprint density at radius 2 is 2.07 bits per heavy atom. The zero-order valence-corrected chi connectivity index (χ0v) is 16.4. The van der Waals surface area contributed by atoms with Gasteiger partial charge < -0.3 is 19.7 Å². The second-order valence-corrected chi connectivity index (χ2v) is 7.64. The van der Waals surface area contributed by atoms with Crippen molar-refractivity contribution in [2.75, 3.05) is 19.7 Å². The molecule has 1 aromatic heterocycles. The van der Waals surface area contributed by atoms with Gasteiger partial charge in [0.25, 0.3) is 0 Å². The Morgan fingerprint density at radius 3 is 2.86 bits per heavy atom. The van der Waals surface area contributed by atoms with Crippen molar-refractivity contribution >= 4 is 6.03 Å². The molecule has 2 unspecified atom stereocenters. The lowest BCUT2D eigenvalue weighted by Crippen LogP contribution is -2.50. The maximum Gasteiger partial charge on any atom is 0.317 e. The molecule has 2 aromatic rings. The van der Waals surface area contributed by atoms with E-state index in [9.17, 15) is 4.79 Å². The highest BCUT2D eigenvalue weighted by Gasteiger charge is 2.31. The van der Waals surface area contributed by atoms with Crippen LogP contribution in [0.3, 0.4) is 0 Å². The third kappa shape index (κ3) is 3.91. The molecule has 2 aliphatic rings. The third-order valence-electron chi connectivity index (χ3n) is 5.68. The van der Waals surface area contributed by atoms with Crippen LogP contribution in [0, 0.1) is 6.92 Å². The molecule has 1 fully saturated rings. The molecule has 28 heavy (non-hydrogen) atoms. The summed E-state index contributed by atoms with van der Waals surface area (Å²) < 4.78 is 11.9. The van der Waals surface area contributed by atoms with Gasteiger partial charge in [-0.05, 0) is 26.0 Å². The van der Waals surface area contributed by atoms with Crippen molar-refractivity contribution < 1.29 is 14.3 Å². The van der Waals surface area contributed by atoms with Crippen LogP contribution in [-0.2, 0) is 0 Å². The number of aromatic nitrogens is 1. The smallest absolute Gasteiger partial charge is 0.317 e. The predicted molar refractivity (Wildman–Crippen MR) is 107 cm³/mol. The van der Waals surface area contributed by atoms with Crippen molar-refractivity contribution in [3.05, 3.63) is 53.9 Å². The van der Waals surface area contributed by atoms with E-state index < -0.39 is 0 Å². The number of ether oxygens (including phenoxy) is 2. The molecule has 1 N–H and O–H groups in total. The molecule has 4 rings (SSSR count). The second kappa shape index (κ2) is 8.09. The molecule has 1 saturated heterocycles. The highest BCUT2D eigenvalue weighted by atomic mass is 16.5. The SMILES string of the molecule is Cc1cnccc1OC1CCN(C(=O)NC(C)C2COc3ccccc32)CC1. The van der Waals surface area contributed by atoms with E-state index in [1.165, 1.54) is 5.56 Å². The summed E-state index contributed by atoms with van der Waals surface area (Å²) in [5.41, 5.74) is 2.21. The van der Waals surface area contributed by atoms with Gasteiger partial charge in [-0.15, -0.1) is 0 Å². The molecule has 0 radical (unpaired) electrons. The number of aryl methyl sites for hydroxylation is 1. The van der Waals surface area contributed by atoms with Crippen LogP contribution in [0.25, 0.3) is 0 Å². The van der Waals surface area contributed by atoms with Crippen molar-refractivity contribution in [3.63, 3.8) is 0 Å². The van der Waals surface area contributed by atoms with E-state index in [1.807, 2.05) is 42.3 Å². The van der Waals surface area contributed by atoms with Gasteiger partial charge in [-0.3, -0.25) is 4.98 Å². The molecule has 2 amide bonds. The Morgan fingerprint density at radius 1 is 1.29 bits per heavy atom. The van der Waals surface area contributed by atoms with E-state index in [2.05, 4.69) is 23.3 Å². The van der Waals surface area contributed by atoms with Gasteiger partial charge in [0.2, 0.25) is 0 Å². The fraction of sp³-hybridized carbons (Fsp3) is 0.455.